The van der Waals surface area contributed by atoms with E-state index in [9.17, 15) is 9.59 Å². The van der Waals surface area contributed by atoms with E-state index in [1.165, 1.54) is 20.3 Å². The Labute approximate surface area is 199 Å². The van der Waals surface area contributed by atoms with Gasteiger partial charge in [-0.2, -0.15) is 0 Å². The van der Waals surface area contributed by atoms with Gasteiger partial charge >= 0.3 is 11.9 Å². The number of nitrogens with zero attached hydrogens (tertiary/aromatic N) is 2. The van der Waals surface area contributed by atoms with E-state index < -0.39 is 11.9 Å². The lowest BCUT2D eigenvalue weighted by molar-refractivity contribution is -0.144. The summed E-state index contributed by atoms with van der Waals surface area (Å²) in [7, 11) is 4.89. The first-order chi connectivity index (χ1) is 16.5. The minimum atomic E-state index is -0.409. The Morgan fingerprint density at radius 3 is 2.50 bits per heavy atom. The summed E-state index contributed by atoms with van der Waals surface area (Å²) in [6.45, 7) is 0.654. The summed E-state index contributed by atoms with van der Waals surface area (Å²) in [5.74, 6) is -0.973. The van der Waals surface area contributed by atoms with Gasteiger partial charge in [-0.15, -0.1) is 0 Å². The van der Waals surface area contributed by atoms with Crippen LogP contribution >= 0.6 is 0 Å². The number of para-hydroxylation sites is 1. The van der Waals surface area contributed by atoms with Gasteiger partial charge in [0.25, 0.3) is 0 Å². The number of carbonyl (C=O) groups is 2. The Morgan fingerprint density at radius 1 is 1.03 bits per heavy atom. The summed E-state index contributed by atoms with van der Waals surface area (Å²) in [4.78, 5) is 27.4. The maximum Gasteiger partial charge on any atom is 0.330 e. The fraction of sp³-hybridized carbons (Fsp3) is 0.286. The molecule has 0 saturated carbocycles. The summed E-state index contributed by atoms with van der Waals surface area (Å²) in [6.07, 6.45) is 6.18. The second-order valence-electron chi connectivity index (χ2n) is 8.88. The van der Waals surface area contributed by atoms with E-state index >= 15 is 0 Å². The standard InChI is InChI=1S/C28H28N2O4/c1-29-22-12-8-7-11-20(22)25-26(28(32)34-3)23-15-21(27(25)29)19(13-14-24(31)33-2)17-30(23)16-18-9-5-4-6-10-18/h4-14,17,21,23,26H,15-16H2,1-3H3/b14-13+/t21-,23-,26-/m0/s1. The lowest BCUT2D eigenvalue weighted by Gasteiger charge is -2.46. The topological polar surface area (TPSA) is 60.8 Å². The third kappa shape index (κ3) is 3.59. The molecule has 2 aliphatic rings. The van der Waals surface area contributed by atoms with Gasteiger partial charge in [-0.1, -0.05) is 48.5 Å². The molecule has 2 bridgehead atoms. The number of allylic oxidation sites excluding steroid dienone is 2. The first-order valence-electron chi connectivity index (χ1n) is 11.5. The maximum absolute atomic E-state index is 13.3. The summed E-state index contributed by atoms with van der Waals surface area (Å²) in [6, 6.07) is 18.3. The molecule has 3 aromatic rings. The number of fused-ring (bicyclic) bond motifs is 6. The van der Waals surface area contributed by atoms with Crippen molar-refractivity contribution in [2.24, 2.45) is 7.05 Å². The van der Waals surface area contributed by atoms with Crippen molar-refractivity contribution in [3.05, 3.63) is 95.3 Å². The molecule has 2 aromatic carbocycles. The monoisotopic (exact) mass is 456 g/mol. The normalized spacial score (nSPS) is 21.3. The van der Waals surface area contributed by atoms with E-state index in [0.29, 0.717) is 6.54 Å². The van der Waals surface area contributed by atoms with Gasteiger partial charge in [-0.25, -0.2) is 4.79 Å². The van der Waals surface area contributed by atoms with Crippen molar-refractivity contribution >= 4 is 22.8 Å². The van der Waals surface area contributed by atoms with Gasteiger partial charge in [-0.3, -0.25) is 4.79 Å². The fourth-order valence-electron chi connectivity index (χ4n) is 5.62. The zero-order valence-electron chi connectivity index (χ0n) is 19.6. The number of aryl methyl sites for hydroxylation is 1. The van der Waals surface area contributed by atoms with Crippen LogP contribution in [0.2, 0.25) is 0 Å². The van der Waals surface area contributed by atoms with Crippen LogP contribution in [0.4, 0.5) is 0 Å². The summed E-state index contributed by atoms with van der Waals surface area (Å²) in [5, 5.41) is 1.07. The molecule has 6 nitrogen and oxygen atoms in total. The molecule has 3 atom stereocenters. The van der Waals surface area contributed by atoms with Gasteiger partial charge in [0.2, 0.25) is 0 Å². The maximum atomic E-state index is 13.3. The average Bonchev–Trinajstić information content (AvgIpc) is 3.17. The largest absolute Gasteiger partial charge is 0.468 e. The number of hydrogen-bond acceptors (Lipinski definition) is 5. The van der Waals surface area contributed by atoms with Crippen molar-refractivity contribution < 1.29 is 19.1 Å². The third-order valence-corrected chi connectivity index (χ3v) is 7.12. The zero-order valence-corrected chi connectivity index (χ0v) is 19.6. The van der Waals surface area contributed by atoms with E-state index in [4.69, 9.17) is 9.47 Å². The van der Waals surface area contributed by atoms with Crippen molar-refractivity contribution in [3.8, 4) is 0 Å². The second kappa shape index (κ2) is 8.86. The Morgan fingerprint density at radius 2 is 1.76 bits per heavy atom. The van der Waals surface area contributed by atoms with E-state index in [-0.39, 0.29) is 17.9 Å². The highest BCUT2D eigenvalue weighted by Gasteiger charge is 2.47. The quantitative estimate of drug-likeness (QED) is 0.420. The van der Waals surface area contributed by atoms with Crippen molar-refractivity contribution in [2.75, 3.05) is 14.2 Å². The van der Waals surface area contributed by atoms with Gasteiger partial charge in [0.1, 0.15) is 5.92 Å². The number of ether oxygens (including phenoxy) is 2. The van der Waals surface area contributed by atoms with Crippen LogP contribution in [0.15, 0.2) is 78.5 Å². The highest BCUT2D eigenvalue weighted by molar-refractivity contribution is 5.93. The molecule has 6 heteroatoms. The smallest absolute Gasteiger partial charge is 0.330 e. The minimum absolute atomic E-state index is 0.0474. The van der Waals surface area contributed by atoms with E-state index in [1.807, 2.05) is 43.5 Å². The molecule has 0 saturated heterocycles. The molecule has 0 N–H and O–H groups in total. The molecule has 1 aliphatic heterocycles. The Bertz CT molecular complexity index is 1300. The molecule has 1 aliphatic carbocycles. The summed E-state index contributed by atoms with van der Waals surface area (Å²) in [5.41, 5.74) is 5.39. The fourth-order valence-corrected chi connectivity index (χ4v) is 5.62. The third-order valence-electron chi connectivity index (χ3n) is 7.12. The minimum Gasteiger partial charge on any atom is -0.468 e. The lowest BCUT2D eigenvalue weighted by Crippen LogP contribution is -2.46. The molecule has 2 heterocycles. The number of rotatable bonds is 5. The highest BCUT2D eigenvalue weighted by atomic mass is 16.5. The van der Waals surface area contributed by atoms with Crippen molar-refractivity contribution in [1.29, 1.82) is 0 Å². The molecule has 0 spiro atoms. The van der Waals surface area contributed by atoms with Crippen LogP contribution in [0, 0.1) is 0 Å². The predicted molar refractivity (Wildman–Crippen MR) is 130 cm³/mol. The van der Waals surface area contributed by atoms with E-state index in [1.54, 1.807) is 0 Å². The van der Waals surface area contributed by atoms with Gasteiger partial charge < -0.3 is 18.9 Å². The van der Waals surface area contributed by atoms with Crippen LogP contribution < -0.4 is 0 Å². The predicted octanol–water partition coefficient (Wildman–Crippen LogP) is 4.42. The number of methoxy groups -OCH3 is 2. The van der Waals surface area contributed by atoms with Crippen molar-refractivity contribution in [3.63, 3.8) is 0 Å². The number of hydrogen-bond donors (Lipinski definition) is 0. The number of aromatic nitrogens is 1. The molecule has 174 valence electrons. The van der Waals surface area contributed by atoms with Crippen LogP contribution in [0.3, 0.4) is 0 Å². The van der Waals surface area contributed by atoms with Crippen LogP contribution in [0.5, 0.6) is 0 Å². The summed E-state index contributed by atoms with van der Waals surface area (Å²) < 4.78 is 12.4. The molecule has 0 amide bonds. The summed E-state index contributed by atoms with van der Waals surface area (Å²) >= 11 is 0. The Kier molecular flexibility index (Phi) is 5.74. The van der Waals surface area contributed by atoms with Crippen molar-refractivity contribution in [1.82, 2.24) is 9.47 Å². The van der Waals surface area contributed by atoms with Gasteiger partial charge in [0.15, 0.2) is 0 Å². The van der Waals surface area contributed by atoms with Crippen molar-refractivity contribution in [2.45, 2.75) is 30.8 Å². The van der Waals surface area contributed by atoms with E-state index in [2.05, 4.69) is 39.9 Å². The molecular weight excluding hydrogens is 428 g/mol. The average molecular weight is 457 g/mol. The molecule has 0 radical (unpaired) electrons. The molecule has 0 unspecified atom stereocenters. The number of carbonyl (C=O) groups excluding carboxylic acids is 2. The first kappa shape index (κ1) is 22.0. The van der Waals surface area contributed by atoms with Gasteiger partial charge in [0.05, 0.1) is 14.2 Å². The van der Waals surface area contributed by atoms with E-state index in [0.717, 1.165) is 39.7 Å². The zero-order chi connectivity index (χ0) is 23.8. The Hall–Kier alpha value is -3.80. The number of benzene rings is 2. The van der Waals surface area contributed by atoms with Gasteiger partial charge in [-0.05, 0) is 35.3 Å². The van der Waals surface area contributed by atoms with Crippen LogP contribution in [-0.2, 0) is 32.7 Å². The number of esters is 2. The molecule has 5 rings (SSSR count). The van der Waals surface area contributed by atoms with Gasteiger partial charge in [0, 0.05) is 54.4 Å². The molecule has 34 heavy (non-hydrogen) atoms. The lowest BCUT2D eigenvalue weighted by atomic mass is 9.70. The molecule has 1 aromatic heterocycles. The van der Waals surface area contributed by atoms with Crippen LogP contribution in [0.1, 0.15) is 35.1 Å². The molecule has 0 fully saturated rings. The second-order valence-corrected chi connectivity index (χ2v) is 8.88. The first-order valence-corrected chi connectivity index (χ1v) is 11.5. The van der Waals surface area contributed by atoms with Crippen LogP contribution in [-0.4, -0.2) is 41.7 Å². The molecular formula is C28H28N2O4. The highest BCUT2D eigenvalue weighted by Crippen LogP contribution is 2.51. The Balaban J connectivity index is 1.71. The van der Waals surface area contributed by atoms with Crippen LogP contribution in [0.25, 0.3) is 10.9 Å². The SMILES string of the molecule is COC(=O)/C=C/C1=CN(Cc2ccccc2)[C@H]2C[C@@H]1c1c(c3ccccc3n1C)[C@H]2C(=O)OC.